The van der Waals surface area contributed by atoms with Crippen LogP contribution in [0.3, 0.4) is 0 Å². The van der Waals surface area contributed by atoms with E-state index in [-0.39, 0.29) is 0 Å². The maximum atomic E-state index is 5.46. The Morgan fingerprint density at radius 2 is 2.22 bits per heavy atom. The summed E-state index contributed by atoms with van der Waals surface area (Å²) < 4.78 is 7.60. The second-order valence-corrected chi connectivity index (χ2v) is 4.43. The fourth-order valence-electron chi connectivity index (χ4n) is 2.34. The van der Waals surface area contributed by atoms with Crippen LogP contribution in [0.15, 0.2) is 36.7 Å². The summed E-state index contributed by atoms with van der Waals surface area (Å²) in [5.74, 6) is 1.89. The molecule has 1 N–H and O–H groups in total. The minimum Gasteiger partial charge on any atom is -0.494 e. The molecule has 1 atom stereocenters. The van der Waals surface area contributed by atoms with E-state index in [9.17, 15) is 0 Å². The standard InChI is InChI=1S/C14H17N3O/c1-2-18-12-5-3-11(4-6-12)13-7-9-17-10-8-15-14(17)16-13/h3-6,8,10,13H,2,7,9H2,1H3,(H,15,16). The third kappa shape index (κ3) is 2.06. The van der Waals surface area contributed by atoms with Crippen LogP contribution in [0, 0.1) is 0 Å². The first-order valence-electron chi connectivity index (χ1n) is 6.37. The first-order chi connectivity index (χ1) is 8.86. The van der Waals surface area contributed by atoms with E-state index in [0.29, 0.717) is 12.6 Å². The fourth-order valence-corrected chi connectivity index (χ4v) is 2.34. The summed E-state index contributed by atoms with van der Waals surface area (Å²) in [6, 6.07) is 8.65. The van der Waals surface area contributed by atoms with Gasteiger partial charge in [0.05, 0.1) is 12.6 Å². The highest BCUT2D eigenvalue weighted by Gasteiger charge is 2.19. The highest BCUT2D eigenvalue weighted by molar-refractivity contribution is 5.37. The number of nitrogens with zero attached hydrogens (tertiary/aromatic N) is 2. The molecule has 0 bridgehead atoms. The van der Waals surface area contributed by atoms with Gasteiger partial charge in [-0.25, -0.2) is 4.98 Å². The Labute approximate surface area is 107 Å². The lowest BCUT2D eigenvalue weighted by atomic mass is 10.0. The summed E-state index contributed by atoms with van der Waals surface area (Å²) in [7, 11) is 0. The molecular formula is C14H17N3O. The van der Waals surface area contributed by atoms with Crippen molar-refractivity contribution in [3.05, 3.63) is 42.2 Å². The molecule has 1 aromatic heterocycles. The number of benzene rings is 1. The molecule has 18 heavy (non-hydrogen) atoms. The zero-order valence-corrected chi connectivity index (χ0v) is 10.5. The number of hydrogen-bond acceptors (Lipinski definition) is 3. The third-order valence-electron chi connectivity index (χ3n) is 3.27. The average molecular weight is 243 g/mol. The van der Waals surface area contributed by atoms with Crippen molar-refractivity contribution in [2.75, 3.05) is 11.9 Å². The molecule has 1 aliphatic rings. The van der Waals surface area contributed by atoms with Crippen molar-refractivity contribution >= 4 is 5.95 Å². The highest BCUT2D eigenvalue weighted by Crippen LogP contribution is 2.28. The molecule has 94 valence electrons. The van der Waals surface area contributed by atoms with Crippen molar-refractivity contribution in [1.29, 1.82) is 0 Å². The maximum Gasteiger partial charge on any atom is 0.203 e. The van der Waals surface area contributed by atoms with Gasteiger partial charge in [-0.2, -0.15) is 0 Å². The Kier molecular flexibility index (Phi) is 2.92. The summed E-state index contributed by atoms with van der Waals surface area (Å²) in [4.78, 5) is 4.31. The molecule has 4 nitrogen and oxygen atoms in total. The van der Waals surface area contributed by atoms with Crippen LogP contribution in [-0.2, 0) is 6.54 Å². The molecule has 2 aromatic rings. The van der Waals surface area contributed by atoms with Gasteiger partial charge in [0.15, 0.2) is 0 Å². The van der Waals surface area contributed by atoms with E-state index in [4.69, 9.17) is 4.74 Å². The van der Waals surface area contributed by atoms with Gasteiger partial charge in [0.25, 0.3) is 0 Å². The second-order valence-electron chi connectivity index (χ2n) is 4.43. The van der Waals surface area contributed by atoms with E-state index < -0.39 is 0 Å². The SMILES string of the molecule is CCOc1ccc(C2CCn3ccnc3N2)cc1. The Balaban J connectivity index is 1.76. The lowest BCUT2D eigenvalue weighted by molar-refractivity contribution is 0.340. The number of ether oxygens (including phenoxy) is 1. The number of rotatable bonds is 3. The monoisotopic (exact) mass is 243 g/mol. The maximum absolute atomic E-state index is 5.46. The molecule has 0 aliphatic carbocycles. The van der Waals surface area contributed by atoms with Crippen LogP contribution in [0.1, 0.15) is 24.9 Å². The van der Waals surface area contributed by atoms with Gasteiger partial charge >= 0.3 is 0 Å². The third-order valence-corrected chi connectivity index (χ3v) is 3.27. The molecular weight excluding hydrogens is 226 g/mol. The van der Waals surface area contributed by atoms with Gasteiger partial charge in [-0.15, -0.1) is 0 Å². The molecule has 0 spiro atoms. The summed E-state index contributed by atoms with van der Waals surface area (Å²) >= 11 is 0. The van der Waals surface area contributed by atoms with Crippen LogP contribution in [-0.4, -0.2) is 16.2 Å². The molecule has 0 saturated carbocycles. The second kappa shape index (κ2) is 4.72. The van der Waals surface area contributed by atoms with Crippen LogP contribution in [0.4, 0.5) is 5.95 Å². The first-order valence-corrected chi connectivity index (χ1v) is 6.37. The summed E-state index contributed by atoms with van der Waals surface area (Å²) in [6.45, 7) is 3.72. The van der Waals surface area contributed by atoms with Gasteiger partial charge < -0.3 is 14.6 Å². The topological polar surface area (TPSA) is 39.1 Å². The predicted octanol–water partition coefficient (Wildman–Crippen LogP) is 2.84. The molecule has 4 heteroatoms. The quantitative estimate of drug-likeness (QED) is 0.901. The molecule has 1 unspecified atom stereocenters. The number of hydrogen-bond donors (Lipinski definition) is 1. The van der Waals surface area contributed by atoms with Crippen LogP contribution in [0.25, 0.3) is 0 Å². The largest absolute Gasteiger partial charge is 0.494 e. The van der Waals surface area contributed by atoms with E-state index in [1.165, 1.54) is 5.56 Å². The Hall–Kier alpha value is -1.97. The predicted molar refractivity (Wildman–Crippen MR) is 70.8 cm³/mol. The number of nitrogens with one attached hydrogen (secondary N) is 1. The van der Waals surface area contributed by atoms with E-state index >= 15 is 0 Å². The molecule has 0 fully saturated rings. The van der Waals surface area contributed by atoms with Crippen molar-refractivity contribution in [2.45, 2.75) is 25.9 Å². The number of fused-ring (bicyclic) bond motifs is 1. The number of aromatic nitrogens is 2. The molecule has 0 amide bonds. The van der Waals surface area contributed by atoms with Crippen molar-refractivity contribution in [1.82, 2.24) is 9.55 Å². The number of anilines is 1. The molecule has 0 radical (unpaired) electrons. The average Bonchev–Trinajstić information content (AvgIpc) is 2.87. The normalized spacial score (nSPS) is 17.9. The van der Waals surface area contributed by atoms with Crippen molar-refractivity contribution < 1.29 is 4.74 Å². The van der Waals surface area contributed by atoms with E-state index in [0.717, 1.165) is 24.7 Å². The van der Waals surface area contributed by atoms with Gasteiger partial charge in [0, 0.05) is 18.9 Å². The van der Waals surface area contributed by atoms with Gasteiger partial charge in [-0.1, -0.05) is 12.1 Å². The summed E-state index contributed by atoms with van der Waals surface area (Å²) in [5, 5.41) is 3.46. The van der Waals surface area contributed by atoms with Gasteiger partial charge in [0.1, 0.15) is 5.75 Å². The zero-order valence-electron chi connectivity index (χ0n) is 10.5. The molecule has 2 heterocycles. The van der Waals surface area contributed by atoms with Crippen LogP contribution >= 0.6 is 0 Å². The van der Waals surface area contributed by atoms with E-state index in [1.807, 2.05) is 31.5 Å². The smallest absolute Gasteiger partial charge is 0.203 e. The fraction of sp³-hybridized carbons (Fsp3) is 0.357. The van der Waals surface area contributed by atoms with Crippen LogP contribution in [0.2, 0.25) is 0 Å². The molecule has 1 aromatic carbocycles. The minimum absolute atomic E-state index is 0.343. The summed E-state index contributed by atoms with van der Waals surface area (Å²) in [6.07, 6.45) is 4.93. The molecule has 0 saturated heterocycles. The van der Waals surface area contributed by atoms with Gasteiger partial charge in [-0.05, 0) is 31.0 Å². The van der Waals surface area contributed by atoms with Gasteiger partial charge in [-0.3, -0.25) is 0 Å². The van der Waals surface area contributed by atoms with Crippen molar-refractivity contribution in [3.8, 4) is 5.75 Å². The molecule has 1 aliphatic heterocycles. The first kappa shape index (κ1) is 11.1. The van der Waals surface area contributed by atoms with Crippen LogP contribution < -0.4 is 10.1 Å². The Morgan fingerprint density at radius 1 is 1.39 bits per heavy atom. The van der Waals surface area contributed by atoms with E-state index in [1.54, 1.807) is 0 Å². The highest BCUT2D eigenvalue weighted by atomic mass is 16.5. The van der Waals surface area contributed by atoms with E-state index in [2.05, 4.69) is 27.0 Å². The summed E-state index contributed by atoms with van der Waals surface area (Å²) in [5.41, 5.74) is 1.28. The minimum atomic E-state index is 0.343. The van der Waals surface area contributed by atoms with Crippen LogP contribution in [0.5, 0.6) is 5.75 Å². The Morgan fingerprint density at radius 3 is 3.00 bits per heavy atom. The van der Waals surface area contributed by atoms with Crippen molar-refractivity contribution in [3.63, 3.8) is 0 Å². The lowest BCUT2D eigenvalue weighted by Gasteiger charge is -2.25. The van der Waals surface area contributed by atoms with Crippen molar-refractivity contribution in [2.24, 2.45) is 0 Å². The molecule has 3 rings (SSSR count). The zero-order chi connectivity index (χ0) is 12.4. The Bertz CT molecular complexity index is 518. The van der Waals surface area contributed by atoms with Gasteiger partial charge in [0.2, 0.25) is 5.95 Å². The number of aryl methyl sites for hydroxylation is 1. The number of imidazole rings is 1. The lowest BCUT2D eigenvalue weighted by Crippen LogP contribution is -2.21.